The largest absolute Gasteiger partial charge is 0.494 e. The first-order valence-corrected chi connectivity index (χ1v) is 12.8. The van der Waals surface area contributed by atoms with E-state index in [4.69, 9.17) is 9.72 Å². The fraction of sp³-hybridized carbons (Fsp3) is 0.444. The van der Waals surface area contributed by atoms with E-state index in [9.17, 15) is 0 Å². The van der Waals surface area contributed by atoms with Crippen LogP contribution in [0, 0.1) is 5.92 Å². The van der Waals surface area contributed by atoms with Crippen molar-refractivity contribution in [2.45, 2.75) is 45.2 Å². The zero-order chi connectivity index (χ0) is 23.2. The summed E-state index contributed by atoms with van der Waals surface area (Å²) in [5.41, 5.74) is 3.46. The Kier molecular flexibility index (Phi) is 8.10. The monoisotopic (exact) mass is 510 g/mol. The van der Waals surface area contributed by atoms with Crippen molar-refractivity contribution >= 4 is 38.3 Å². The van der Waals surface area contributed by atoms with Gasteiger partial charge in [-0.25, -0.2) is 4.98 Å². The van der Waals surface area contributed by atoms with E-state index < -0.39 is 0 Å². The van der Waals surface area contributed by atoms with Crippen LogP contribution in [0.4, 0.5) is 11.5 Å². The van der Waals surface area contributed by atoms with Crippen LogP contribution in [0.3, 0.4) is 0 Å². The maximum atomic E-state index is 5.78. The average molecular weight is 512 g/mol. The molecule has 0 saturated heterocycles. The van der Waals surface area contributed by atoms with Gasteiger partial charge in [0.2, 0.25) is 0 Å². The lowest BCUT2D eigenvalue weighted by molar-refractivity contribution is 0.319. The lowest BCUT2D eigenvalue weighted by Crippen LogP contribution is -2.31. The number of nitrogens with zero attached hydrogens (tertiary/aromatic N) is 2. The minimum Gasteiger partial charge on any atom is -0.494 e. The van der Waals surface area contributed by atoms with E-state index in [1.54, 1.807) is 0 Å². The molecule has 1 aliphatic rings. The second-order valence-electron chi connectivity index (χ2n) is 9.12. The highest BCUT2D eigenvalue weighted by molar-refractivity contribution is 9.10. The number of pyridine rings is 1. The number of fused-ring (bicyclic) bond motifs is 1. The SMILES string of the molecule is CCOc1ccc(Br)cc1CNCC1CCC(Nc2cc(N(C)C)c3ccccc3n2)CC1. The Morgan fingerprint density at radius 3 is 2.61 bits per heavy atom. The molecule has 0 atom stereocenters. The van der Waals surface area contributed by atoms with Crippen molar-refractivity contribution in [2.24, 2.45) is 5.92 Å². The van der Waals surface area contributed by atoms with Crippen LogP contribution < -0.4 is 20.3 Å². The molecule has 1 aliphatic carbocycles. The van der Waals surface area contributed by atoms with Crippen molar-refractivity contribution in [3.63, 3.8) is 0 Å². The summed E-state index contributed by atoms with van der Waals surface area (Å²) >= 11 is 3.58. The zero-order valence-corrected chi connectivity index (χ0v) is 21.5. The average Bonchev–Trinajstić information content (AvgIpc) is 2.81. The number of hydrogen-bond acceptors (Lipinski definition) is 5. The van der Waals surface area contributed by atoms with Gasteiger partial charge in [0.15, 0.2) is 0 Å². The molecule has 176 valence electrons. The van der Waals surface area contributed by atoms with Gasteiger partial charge in [-0.3, -0.25) is 0 Å². The molecule has 2 N–H and O–H groups in total. The number of halogens is 1. The van der Waals surface area contributed by atoms with Crippen molar-refractivity contribution in [1.29, 1.82) is 0 Å². The van der Waals surface area contributed by atoms with E-state index in [2.05, 4.69) is 82.0 Å². The van der Waals surface area contributed by atoms with Gasteiger partial charge in [-0.15, -0.1) is 0 Å². The summed E-state index contributed by atoms with van der Waals surface area (Å²) in [6.45, 7) is 4.60. The van der Waals surface area contributed by atoms with E-state index in [1.165, 1.54) is 42.3 Å². The lowest BCUT2D eigenvalue weighted by Gasteiger charge is -2.30. The van der Waals surface area contributed by atoms with Crippen LogP contribution in [0.2, 0.25) is 0 Å². The van der Waals surface area contributed by atoms with Crippen molar-refractivity contribution in [3.05, 3.63) is 58.6 Å². The summed E-state index contributed by atoms with van der Waals surface area (Å²) in [6, 6.07) is 17.3. The molecule has 1 heterocycles. The van der Waals surface area contributed by atoms with Crippen LogP contribution in [0.1, 0.15) is 38.2 Å². The molecule has 6 heteroatoms. The van der Waals surface area contributed by atoms with E-state index in [0.717, 1.165) is 34.6 Å². The Bertz CT molecular complexity index is 1060. The minimum absolute atomic E-state index is 0.486. The van der Waals surface area contributed by atoms with Crippen LogP contribution in [-0.4, -0.2) is 38.3 Å². The van der Waals surface area contributed by atoms with Crippen molar-refractivity contribution in [3.8, 4) is 5.75 Å². The van der Waals surface area contributed by atoms with Gasteiger partial charge >= 0.3 is 0 Å². The van der Waals surface area contributed by atoms with Crippen LogP contribution in [-0.2, 0) is 6.54 Å². The molecule has 1 aromatic heterocycles. The normalized spacial score (nSPS) is 18.3. The first kappa shape index (κ1) is 23.8. The molecule has 0 radical (unpaired) electrons. The first-order valence-electron chi connectivity index (χ1n) is 12.0. The van der Waals surface area contributed by atoms with E-state index in [1.807, 2.05) is 19.1 Å². The summed E-state index contributed by atoms with van der Waals surface area (Å²) in [5.74, 6) is 2.67. The summed E-state index contributed by atoms with van der Waals surface area (Å²) in [4.78, 5) is 7.05. The second-order valence-corrected chi connectivity index (χ2v) is 10.0. The molecule has 0 spiro atoms. The molecule has 4 rings (SSSR count). The fourth-order valence-corrected chi connectivity index (χ4v) is 5.12. The number of hydrogen-bond donors (Lipinski definition) is 2. The number of aromatic nitrogens is 1. The third-order valence-corrected chi connectivity index (χ3v) is 6.94. The van der Waals surface area contributed by atoms with Gasteiger partial charge in [0.05, 0.1) is 12.1 Å². The van der Waals surface area contributed by atoms with Crippen molar-refractivity contribution in [2.75, 3.05) is 37.5 Å². The lowest BCUT2D eigenvalue weighted by atomic mass is 9.86. The summed E-state index contributed by atoms with van der Waals surface area (Å²) in [7, 11) is 4.18. The molecular weight excluding hydrogens is 476 g/mol. The number of nitrogens with one attached hydrogen (secondary N) is 2. The molecule has 5 nitrogen and oxygen atoms in total. The van der Waals surface area contributed by atoms with Crippen LogP contribution in [0.15, 0.2) is 53.0 Å². The maximum absolute atomic E-state index is 5.78. The highest BCUT2D eigenvalue weighted by Crippen LogP contribution is 2.30. The van der Waals surface area contributed by atoms with Gasteiger partial charge < -0.3 is 20.3 Å². The van der Waals surface area contributed by atoms with E-state index >= 15 is 0 Å². The highest BCUT2D eigenvalue weighted by atomic mass is 79.9. The number of benzene rings is 2. The standard InChI is InChI=1S/C27H35BrN4O/c1-4-33-26-14-11-21(28)15-20(26)18-29-17-19-9-12-22(13-10-19)30-27-16-25(32(2)3)23-7-5-6-8-24(23)31-27/h5-8,11,14-16,19,22,29H,4,9-10,12-13,17-18H2,1-3H3,(H,30,31). The Labute approximate surface area is 206 Å². The number of anilines is 2. The number of para-hydroxylation sites is 1. The van der Waals surface area contributed by atoms with Gasteiger partial charge in [0.25, 0.3) is 0 Å². The molecule has 1 fully saturated rings. The molecule has 33 heavy (non-hydrogen) atoms. The summed E-state index contributed by atoms with van der Waals surface area (Å²) in [5, 5.41) is 8.58. The Morgan fingerprint density at radius 1 is 1.06 bits per heavy atom. The Hall–Kier alpha value is -2.31. The zero-order valence-electron chi connectivity index (χ0n) is 19.9. The topological polar surface area (TPSA) is 49.4 Å². The summed E-state index contributed by atoms with van der Waals surface area (Å²) in [6.07, 6.45) is 4.82. The highest BCUT2D eigenvalue weighted by Gasteiger charge is 2.22. The Balaban J connectivity index is 1.29. The third kappa shape index (κ3) is 6.18. The van der Waals surface area contributed by atoms with Crippen LogP contribution >= 0.6 is 15.9 Å². The smallest absolute Gasteiger partial charge is 0.128 e. The molecule has 0 unspecified atom stereocenters. The Morgan fingerprint density at radius 2 is 1.85 bits per heavy atom. The van der Waals surface area contributed by atoms with E-state index in [0.29, 0.717) is 18.6 Å². The number of rotatable bonds is 9. The molecular formula is C27H35BrN4O. The van der Waals surface area contributed by atoms with Gasteiger partial charge in [0.1, 0.15) is 11.6 Å². The predicted octanol–water partition coefficient (Wildman–Crippen LogP) is 6.22. The molecule has 3 aromatic rings. The first-order chi connectivity index (χ1) is 16.0. The van der Waals surface area contributed by atoms with Gasteiger partial charge in [-0.1, -0.05) is 34.1 Å². The maximum Gasteiger partial charge on any atom is 0.128 e. The number of ether oxygens (including phenoxy) is 1. The molecule has 0 aliphatic heterocycles. The van der Waals surface area contributed by atoms with E-state index in [-0.39, 0.29) is 0 Å². The van der Waals surface area contributed by atoms with Gasteiger partial charge in [-0.2, -0.15) is 0 Å². The van der Waals surface area contributed by atoms with Crippen LogP contribution in [0.5, 0.6) is 5.75 Å². The quantitative estimate of drug-likeness (QED) is 0.357. The van der Waals surface area contributed by atoms with Gasteiger partial charge in [0, 0.05) is 53.9 Å². The molecule has 2 aromatic carbocycles. The molecule has 1 saturated carbocycles. The van der Waals surface area contributed by atoms with Crippen LogP contribution in [0.25, 0.3) is 10.9 Å². The predicted molar refractivity (Wildman–Crippen MR) is 142 cm³/mol. The molecule has 0 amide bonds. The van der Waals surface area contributed by atoms with Gasteiger partial charge in [-0.05, 0) is 69.3 Å². The fourth-order valence-electron chi connectivity index (χ4n) is 4.71. The second kappa shape index (κ2) is 11.2. The molecule has 0 bridgehead atoms. The summed E-state index contributed by atoms with van der Waals surface area (Å²) < 4.78 is 6.87. The van der Waals surface area contributed by atoms with Crippen molar-refractivity contribution < 1.29 is 4.74 Å². The minimum atomic E-state index is 0.486. The van der Waals surface area contributed by atoms with Crippen molar-refractivity contribution in [1.82, 2.24) is 10.3 Å². The third-order valence-electron chi connectivity index (χ3n) is 6.45.